The van der Waals surface area contributed by atoms with Gasteiger partial charge in [-0.15, -0.1) is 0 Å². The summed E-state index contributed by atoms with van der Waals surface area (Å²) < 4.78 is 36.1. The van der Waals surface area contributed by atoms with Crippen molar-refractivity contribution in [1.82, 2.24) is 5.32 Å². The van der Waals surface area contributed by atoms with Crippen LogP contribution in [-0.2, 0) is 21.2 Å². The molecule has 1 N–H and O–H groups in total. The fraction of sp³-hybridized carbons (Fsp3) is 0.350. The van der Waals surface area contributed by atoms with E-state index in [0.29, 0.717) is 35.2 Å². The van der Waals surface area contributed by atoms with Gasteiger partial charge in [-0.3, -0.25) is 9.10 Å². The highest BCUT2D eigenvalue weighted by molar-refractivity contribution is 7.92. The molecule has 0 radical (unpaired) electrons. The maximum atomic E-state index is 12.6. The summed E-state index contributed by atoms with van der Waals surface area (Å²) >= 11 is 5.98. The molecule has 0 saturated heterocycles. The van der Waals surface area contributed by atoms with Crippen LogP contribution >= 0.6 is 11.6 Å². The summed E-state index contributed by atoms with van der Waals surface area (Å²) in [7, 11) is -0.571. The zero-order valence-corrected chi connectivity index (χ0v) is 18.4. The molecule has 0 saturated carbocycles. The van der Waals surface area contributed by atoms with Crippen molar-refractivity contribution in [2.75, 3.05) is 31.3 Å². The number of carbonyl (C=O) groups excluding carboxylic acids is 1. The number of nitrogens with one attached hydrogen (secondary N) is 1. The van der Waals surface area contributed by atoms with E-state index in [1.807, 2.05) is 12.1 Å². The van der Waals surface area contributed by atoms with Gasteiger partial charge in [-0.1, -0.05) is 23.7 Å². The number of anilines is 1. The first-order valence-electron chi connectivity index (χ1n) is 8.91. The minimum absolute atomic E-state index is 0.336. The highest BCUT2D eigenvalue weighted by atomic mass is 35.5. The minimum Gasteiger partial charge on any atom is -0.493 e. The first-order chi connectivity index (χ1) is 13.7. The normalized spacial score (nSPS) is 12.2. The Bertz CT molecular complexity index is 965. The van der Waals surface area contributed by atoms with Crippen molar-refractivity contribution < 1.29 is 22.7 Å². The van der Waals surface area contributed by atoms with Crippen molar-refractivity contribution in [1.29, 1.82) is 0 Å². The minimum atomic E-state index is -3.69. The van der Waals surface area contributed by atoms with E-state index in [2.05, 4.69) is 5.32 Å². The third-order valence-electron chi connectivity index (χ3n) is 4.31. The average molecular weight is 441 g/mol. The molecular weight excluding hydrogens is 416 g/mol. The van der Waals surface area contributed by atoms with E-state index in [-0.39, 0.29) is 0 Å². The van der Waals surface area contributed by atoms with Crippen LogP contribution in [0.5, 0.6) is 11.5 Å². The molecule has 1 amide bonds. The smallest absolute Gasteiger partial charge is 0.243 e. The van der Waals surface area contributed by atoms with Crippen LogP contribution in [0.3, 0.4) is 0 Å². The number of rotatable bonds is 9. The van der Waals surface area contributed by atoms with Crippen molar-refractivity contribution in [3.63, 3.8) is 0 Å². The first kappa shape index (κ1) is 22.8. The fourth-order valence-corrected chi connectivity index (χ4v) is 4.29. The Hall–Kier alpha value is -2.45. The Kier molecular flexibility index (Phi) is 7.75. The topological polar surface area (TPSA) is 84.9 Å². The van der Waals surface area contributed by atoms with Gasteiger partial charge >= 0.3 is 0 Å². The lowest BCUT2D eigenvalue weighted by Gasteiger charge is -2.28. The predicted molar refractivity (Wildman–Crippen MR) is 114 cm³/mol. The van der Waals surface area contributed by atoms with Crippen LogP contribution in [-0.4, -0.2) is 47.4 Å². The number of amides is 1. The highest BCUT2D eigenvalue weighted by Crippen LogP contribution is 2.27. The Labute approximate surface area is 176 Å². The number of carbonyl (C=O) groups is 1. The van der Waals surface area contributed by atoms with E-state index in [9.17, 15) is 13.2 Å². The Morgan fingerprint density at radius 1 is 1.14 bits per heavy atom. The summed E-state index contributed by atoms with van der Waals surface area (Å²) in [6.07, 6.45) is 1.61. The monoisotopic (exact) mass is 440 g/mol. The SMILES string of the molecule is COc1ccc(CCNC(=O)C(C)N(c2cccc(Cl)c2)S(C)(=O)=O)cc1OC. The van der Waals surface area contributed by atoms with Gasteiger partial charge in [-0.25, -0.2) is 8.42 Å². The van der Waals surface area contributed by atoms with E-state index in [0.717, 1.165) is 16.1 Å². The third kappa shape index (κ3) is 6.01. The molecule has 2 aromatic carbocycles. The van der Waals surface area contributed by atoms with E-state index < -0.39 is 22.0 Å². The maximum Gasteiger partial charge on any atom is 0.243 e. The maximum absolute atomic E-state index is 12.6. The zero-order valence-electron chi connectivity index (χ0n) is 16.8. The molecule has 2 aromatic rings. The second-order valence-corrected chi connectivity index (χ2v) is 8.74. The van der Waals surface area contributed by atoms with Crippen molar-refractivity contribution in [3.05, 3.63) is 53.1 Å². The molecule has 0 bridgehead atoms. The molecule has 1 unspecified atom stereocenters. The molecule has 0 spiro atoms. The lowest BCUT2D eigenvalue weighted by atomic mass is 10.1. The lowest BCUT2D eigenvalue weighted by molar-refractivity contribution is -0.121. The van der Waals surface area contributed by atoms with Crippen molar-refractivity contribution in [2.24, 2.45) is 0 Å². The number of nitrogens with zero attached hydrogens (tertiary/aromatic N) is 1. The fourth-order valence-electron chi connectivity index (χ4n) is 2.94. The van der Waals surface area contributed by atoms with Gasteiger partial charge in [0.1, 0.15) is 6.04 Å². The molecule has 0 heterocycles. The number of ether oxygens (including phenoxy) is 2. The standard InChI is InChI=1S/C20H25ClN2O5S/c1-14(23(29(4,25)26)17-7-5-6-16(21)13-17)20(24)22-11-10-15-8-9-18(27-2)19(12-15)28-3/h5-9,12-14H,10-11H2,1-4H3,(H,22,24). The van der Waals surface area contributed by atoms with Crippen LogP contribution in [0.1, 0.15) is 12.5 Å². The number of methoxy groups -OCH3 is 2. The molecule has 0 aromatic heterocycles. The van der Waals surface area contributed by atoms with Gasteiger partial charge in [-0.05, 0) is 49.2 Å². The van der Waals surface area contributed by atoms with E-state index in [4.69, 9.17) is 21.1 Å². The number of hydrogen-bond donors (Lipinski definition) is 1. The number of halogens is 1. The average Bonchev–Trinajstić information content (AvgIpc) is 2.66. The summed E-state index contributed by atoms with van der Waals surface area (Å²) in [5.74, 6) is 0.823. The number of sulfonamides is 1. The van der Waals surface area contributed by atoms with Crippen molar-refractivity contribution in [2.45, 2.75) is 19.4 Å². The second-order valence-electron chi connectivity index (χ2n) is 6.45. The second kappa shape index (κ2) is 9.84. The number of hydrogen-bond acceptors (Lipinski definition) is 5. The Balaban J connectivity index is 2.07. The Morgan fingerprint density at radius 3 is 2.41 bits per heavy atom. The first-order valence-corrected chi connectivity index (χ1v) is 11.1. The number of benzene rings is 2. The molecule has 0 fully saturated rings. The predicted octanol–water partition coefficient (Wildman–Crippen LogP) is 2.87. The Morgan fingerprint density at radius 2 is 1.83 bits per heavy atom. The van der Waals surface area contributed by atoms with Gasteiger partial charge in [0.25, 0.3) is 0 Å². The summed E-state index contributed by atoms with van der Waals surface area (Å²) in [5.41, 5.74) is 1.29. The summed E-state index contributed by atoms with van der Waals surface area (Å²) in [6, 6.07) is 11.0. The van der Waals surface area contributed by atoms with E-state index >= 15 is 0 Å². The van der Waals surface area contributed by atoms with Gasteiger partial charge in [0.15, 0.2) is 11.5 Å². The van der Waals surface area contributed by atoms with Gasteiger partial charge < -0.3 is 14.8 Å². The van der Waals surface area contributed by atoms with Crippen LogP contribution < -0.4 is 19.1 Å². The molecule has 7 nitrogen and oxygen atoms in total. The molecule has 2 rings (SSSR count). The summed E-state index contributed by atoms with van der Waals surface area (Å²) in [5, 5.41) is 3.17. The molecule has 1 atom stereocenters. The zero-order chi connectivity index (χ0) is 21.6. The molecule has 158 valence electrons. The summed E-state index contributed by atoms with van der Waals surface area (Å²) in [6.45, 7) is 1.87. The van der Waals surface area contributed by atoms with Gasteiger partial charge in [0.05, 0.1) is 26.2 Å². The van der Waals surface area contributed by atoms with Crippen LogP contribution in [0.15, 0.2) is 42.5 Å². The van der Waals surface area contributed by atoms with Crippen molar-refractivity contribution >= 4 is 33.2 Å². The van der Waals surface area contributed by atoms with Gasteiger partial charge in [0, 0.05) is 11.6 Å². The largest absolute Gasteiger partial charge is 0.493 e. The lowest BCUT2D eigenvalue weighted by Crippen LogP contribution is -2.48. The molecule has 0 aliphatic heterocycles. The summed E-state index contributed by atoms with van der Waals surface area (Å²) in [4.78, 5) is 12.6. The van der Waals surface area contributed by atoms with Crippen LogP contribution in [0.4, 0.5) is 5.69 Å². The van der Waals surface area contributed by atoms with Gasteiger partial charge in [-0.2, -0.15) is 0 Å². The van der Waals surface area contributed by atoms with E-state index in [1.165, 1.54) is 13.0 Å². The molecular formula is C20H25ClN2O5S. The van der Waals surface area contributed by atoms with Crippen LogP contribution in [0.25, 0.3) is 0 Å². The third-order valence-corrected chi connectivity index (χ3v) is 5.79. The molecule has 9 heteroatoms. The quantitative estimate of drug-likeness (QED) is 0.648. The van der Waals surface area contributed by atoms with Crippen LogP contribution in [0.2, 0.25) is 5.02 Å². The van der Waals surface area contributed by atoms with Gasteiger partial charge in [0.2, 0.25) is 15.9 Å². The molecule has 0 aliphatic rings. The van der Waals surface area contributed by atoms with E-state index in [1.54, 1.807) is 38.5 Å². The van der Waals surface area contributed by atoms with Crippen LogP contribution in [0, 0.1) is 0 Å². The molecule has 0 aliphatic carbocycles. The molecule has 29 heavy (non-hydrogen) atoms. The van der Waals surface area contributed by atoms with Crippen molar-refractivity contribution in [3.8, 4) is 11.5 Å². The highest BCUT2D eigenvalue weighted by Gasteiger charge is 2.29.